The van der Waals surface area contributed by atoms with E-state index in [-0.39, 0.29) is 11.2 Å². The third kappa shape index (κ3) is 5.60. The van der Waals surface area contributed by atoms with E-state index in [0.717, 1.165) is 27.6 Å². The lowest BCUT2D eigenvalue weighted by Crippen LogP contribution is -2.23. The fourth-order valence-electron chi connectivity index (χ4n) is 3.27. The van der Waals surface area contributed by atoms with Crippen molar-refractivity contribution < 1.29 is 19.1 Å². The van der Waals surface area contributed by atoms with Crippen molar-refractivity contribution >= 4 is 28.6 Å². The molecule has 0 aliphatic heterocycles. The summed E-state index contributed by atoms with van der Waals surface area (Å²) < 4.78 is 10.5. The van der Waals surface area contributed by atoms with Gasteiger partial charge in [0.25, 0.3) is 0 Å². The van der Waals surface area contributed by atoms with Gasteiger partial charge >= 0.3 is 5.97 Å². The highest BCUT2D eigenvalue weighted by Crippen LogP contribution is 2.23. The number of rotatable bonds is 6. The van der Waals surface area contributed by atoms with Gasteiger partial charge in [0.2, 0.25) is 5.78 Å². The molecule has 3 aromatic carbocycles. The highest BCUT2D eigenvalue weighted by Gasteiger charge is 2.20. The van der Waals surface area contributed by atoms with E-state index in [9.17, 15) is 9.59 Å². The Morgan fingerprint density at radius 2 is 1.55 bits per heavy atom. The molecular formula is C27H28O4. The number of fused-ring (bicyclic) bond motifs is 1. The Morgan fingerprint density at radius 1 is 0.903 bits per heavy atom. The van der Waals surface area contributed by atoms with E-state index in [4.69, 9.17) is 9.47 Å². The predicted molar refractivity (Wildman–Crippen MR) is 125 cm³/mol. The van der Waals surface area contributed by atoms with Crippen LogP contribution < -0.4 is 4.74 Å². The number of esters is 1. The summed E-state index contributed by atoms with van der Waals surface area (Å²) in [5.74, 6) is 0.0231. The number of carbonyl (C=O) groups excluding carboxylic acids is 2. The van der Waals surface area contributed by atoms with Gasteiger partial charge in [-0.3, -0.25) is 4.79 Å². The molecule has 0 bridgehead atoms. The van der Waals surface area contributed by atoms with Gasteiger partial charge in [-0.05, 0) is 58.5 Å². The lowest BCUT2D eigenvalue weighted by Gasteiger charge is -2.19. The third-order valence-corrected chi connectivity index (χ3v) is 5.18. The van der Waals surface area contributed by atoms with Gasteiger partial charge in [0.05, 0.1) is 7.11 Å². The van der Waals surface area contributed by atoms with Crippen LogP contribution in [0.3, 0.4) is 0 Å². The zero-order valence-corrected chi connectivity index (χ0v) is 18.6. The van der Waals surface area contributed by atoms with Crippen LogP contribution >= 0.6 is 0 Å². The number of ketones is 1. The van der Waals surface area contributed by atoms with E-state index >= 15 is 0 Å². The predicted octanol–water partition coefficient (Wildman–Crippen LogP) is 5.97. The van der Waals surface area contributed by atoms with Gasteiger partial charge in [0, 0.05) is 11.6 Å². The van der Waals surface area contributed by atoms with Crippen molar-refractivity contribution in [2.75, 3.05) is 7.11 Å². The molecule has 0 unspecified atom stereocenters. The zero-order valence-electron chi connectivity index (χ0n) is 18.6. The molecule has 0 saturated heterocycles. The highest BCUT2D eigenvalue weighted by molar-refractivity contribution is 6.01. The number of benzene rings is 3. The standard InChI is InChI=1S/C27H28O4/c1-18(26(29)20-9-12-23(13-10-20)27(2,3)4)31-25(28)15-7-19-6-8-22-17-24(30-5)14-11-21(22)16-19/h6-18H,1-5H3/b15-7+/t18-/m1/s1. The quantitative estimate of drug-likeness (QED) is 0.282. The molecule has 0 aromatic heterocycles. The van der Waals surface area contributed by atoms with Crippen LogP contribution in [-0.2, 0) is 14.9 Å². The molecule has 4 nitrogen and oxygen atoms in total. The van der Waals surface area contributed by atoms with Crippen LogP contribution in [0.1, 0.15) is 49.2 Å². The summed E-state index contributed by atoms with van der Waals surface area (Å²) in [6.45, 7) is 7.95. The van der Waals surface area contributed by atoms with Gasteiger partial charge in [-0.2, -0.15) is 0 Å². The Kier molecular flexibility index (Phi) is 6.59. The number of ether oxygens (including phenoxy) is 2. The largest absolute Gasteiger partial charge is 0.497 e. The molecule has 1 atom stereocenters. The lowest BCUT2D eigenvalue weighted by atomic mass is 9.86. The molecule has 0 fully saturated rings. The summed E-state index contributed by atoms with van der Waals surface area (Å²) in [5, 5.41) is 2.09. The maximum absolute atomic E-state index is 12.6. The second-order valence-corrected chi connectivity index (χ2v) is 8.58. The Morgan fingerprint density at radius 3 is 2.19 bits per heavy atom. The molecule has 4 heteroatoms. The van der Waals surface area contributed by atoms with Crippen molar-refractivity contribution in [3.63, 3.8) is 0 Å². The van der Waals surface area contributed by atoms with Gasteiger partial charge < -0.3 is 9.47 Å². The molecular weight excluding hydrogens is 388 g/mol. The normalized spacial score (nSPS) is 12.7. The number of Topliss-reactive ketones (excluding diaryl/α,β-unsaturated/α-hetero) is 1. The van der Waals surface area contributed by atoms with Crippen molar-refractivity contribution in [3.05, 3.63) is 83.4 Å². The van der Waals surface area contributed by atoms with Crippen molar-refractivity contribution in [2.24, 2.45) is 0 Å². The SMILES string of the molecule is COc1ccc2cc(/C=C/C(=O)O[C@H](C)C(=O)c3ccc(C(C)(C)C)cc3)ccc2c1. The van der Waals surface area contributed by atoms with Crippen molar-refractivity contribution in [1.29, 1.82) is 0 Å². The van der Waals surface area contributed by atoms with Gasteiger partial charge in [-0.1, -0.05) is 63.2 Å². The molecule has 31 heavy (non-hydrogen) atoms. The topological polar surface area (TPSA) is 52.6 Å². The average molecular weight is 417 g/mol. The molecule has 0 heterocycles. The molecule has 0 saturated carbocycles. The van der Waals surface area contributed by atoms with E-state index in [2.05, 4.69) is 20.8 Å². The van der Waals surface area contributed by atoms with Gasteiger partial charge in [-0.25, -0.2) is 4.79 Å². The maximum atomic E-state index is 12.6. The van der Waals surface area contributed by atoms with Crippen molar-refractivity contribution in [3.8, 4) is 5.75 Å². The van der Waals surface area contributed by atoms with Crippen LogP contribution in [-0.4, -0.2) is 25.0 Å². The van der Waals surface area contributed by atoms with Crippen molar-refractivity contribution in [1.82, 2.24) is 0 Å². The first-order valence-corrected chi connectivity index (χ1v) is 10.3. The molecule has 3 rings (SSSR count). The first-order valence-electron chi connectivity index (χ1n) is 10.3. The van der Waals surface area contributed by atoms with Gasteiger partial charge in [-0.15, -0.1) is 0 Å². The molecule has 0 aliphatic carbocycles. The van der Waals surface area contributed by atoms with E-state index < -0.39 is 12.1 Å². The number of hydrogen-bond acceptors (Lipinski definition) is 4. The van der Waals surface area contributed by atoms with E-state index in [1.54, 1.807) is 32.2 Å². The average Bonchev–Trinajstić information content (AvgIpc) is 2.76. The Balaban J connectivity index is 1.63. The summed E-state index contributed by atoms with van der Waals surface area (Å²) in [5.41, 5.74) is 2.55. The van der Waals surface area contributed by atoms with E-state index in [1.165, 1.54) is 6.08 Å². The Labute approximate surface area is 183 Å². The van der Waals surface area contributed by atoms with Crippen LogP contribution in [0.2, 0.25) is 0 Å². The summed E-state index contributed by atoms with van der Waals surface area (Å²) >= 11 is 0. The summed E-state index contributed by atoms with van der Waals surface area (Å²) in [6.07, 6.45) is 2.17. The number of methoxy groups -OCH3 is 1. The summed E-state index contributed by atoms with van der Waals surface area (Å²) in [4.78, 5) is 24.8. The summed E-state index contributed by atoms with van der Waals surface area (Å²) in [7, 11) is 1.64. The van der Waals surface area contributed by atoms with Gasteiger partial charge in [0.1, 0.15) is 5.75 Å². The maximum Gasteiger partial charge on any atom is 0.331 e. The summed E-state index contributed by atoms with van der Waals surface area (Å²) in [6, 6.07) is 19.1. The highest BCUT2D eigenvalue weighted by atomic mass is 16.5. The Hall–Kier alpha value is -3.40. The van der Waals surface area contributed by atoms with Crippen LogP contribution in [0.5, 0.6) is 5.75 Å². The second kappa shape index (κ2) is 9.17. The Bertz CT molecular complexity index is 1120. The number of carbonyl (C=O) groups is 2. The minimum atomic E-state index is -0.860. The lowest BCUT2D eigenvalue weighted by molar-refractivity contribution is -0.140. The number of hydrogen-bond donors (Lipinski definition) is 0. The third-order valence-electron chi connectivity index (χ3n) is 5.18. The fourth-order valence-corrected chi connectivity index (χ4v) is 3.27. The first-order chi connectivity index (χ1) is 14.7. The minimum Gasteiger partial charge on any atom is -0.497 e. The molecule has 0 radical (unpaired) electrons. The monoisotopic (exact) mass is 416 g/mol. The minimum absolute atomic E-state index is 0.0132. The molecule has 3 aromatic rings. The van der Waals surface area contributed by atoms with E-state index in [0.29, 0.717) is 5.56 Å². The van der Waals surface area contributed by atoms with Crippen LogP contribution in [0.25, 0.3) is 16.8 Å². The van der Waals surface area contributed by atoms with Crippen LogP contribution in [0.15, 0.2) is 66.7 Å². The zero-order chi connectivity index (χ0) is 22.6. The first kappa shape index (κ1) is 22.3. The van der Waals surface area contributed by atoms with Crippen molar-refractivity contribution in [2.45, 2.75) is 39.2 Å². The smallest absolute Gasteiger partial charge is 0.331 e. The van der Waals surface area contributed by atoms with Gasteiger partial charge in [0.15, 0.2) is 6.10 Å². The molecule has 0 aliphatic rings. The fraction of sp³-hybridized carbons (Fsp3) is 0.259. The molecule has 0 amide bonds. The molecule has 160 valence electrons. The second-order valence-electron chi connectivity index (χ2n) is 8.58. The molecule has 0 N–H and O–H groups in total. The molecule has 0 spiro atoms. The van der Waals surface area contributed by atoms with Crippen LogP contribution in [0, 0.1) is 0 Å². The van der Waals surface area contributed by atoms with Crippen LogP contribution in [0.4, 0.5) is 0 Å². The van der Waals surface area contributed by atoms with E-state index in [1.807, 2.05) is 48.5 Å².